The van der Waals surface area contributed by atoms with Gasteiger partial charge in [-0.05, 0) is 0 Å². The van der Waals surface area contributed by atoms with Gasteiger partial charge in [-0.25, -0.2) is 0 Å². The molecule has 0 saturated heterocycles. The van der Waals surface area contributed by atoms with E-state index in [4.69, 9.17) is 0 Å². The minimum atomic E-state index is 1.15. The quantitative estimate of drug-likeness (QED) is 0.321. The van der Waals surface area contributed by atoms with E-state index >= 15 is 0 Å². The number of hydrogen-bond donors (Lipinski definition) is 0. The Labute approximate surface area is 50.0 Å². The molecule has 0 bridgehead atoms. The molecule has 0 nitrogen and oxygen atoms in total. The standard InChI is InChI=1S/C4H5.Na/c1-3-4-2;/h1,3-4H,2H2;. The molecule has 1 heteroatoms. The fourth-order valence-corrected chi connectivity index (χ4v) is 0.408. The van der Waals surface area contributed by atoms with Gasteiger partial charge in [-0.15, -0.1) is 0 Å². The van der Waals surface area contributed by atoms with Crippen molar-refractivity contribution in [1.82, 2.24) is 0 Å². The van der Waals surface area contributed by atoms with Crippen LogP contribution in [-0.2, 0) is 0 Å². The van der Waals surface area contributed by atoms with Gasteiger partial charge in [0, 0.05) is 0 Å². The Morgan fingerprint density at radius 1 is 1.60 bits per heavy atom. The van der Waals surface area contributed by atoms with Crippen molar-refractivity contribution < 1.29 is 0 Å². The van der Waals surface area contributed by atoms with Gasteiger partial charge in [0.25, 0.3) is 0 Å². The summed E-state index contributed by atoms with van der Waals surface area (Å²) in [4.78, 5) is 0. The summed E-state index contributed by atoms with van der Waals surface area (Å²) in [5, 5.41) is 0. The first-order valence-electron chi connectivity index (χ1n) is 1.65. The van der Waals surface area contributed by atoms with E-state index in [1.807, 2.05) is 6.08 Å². The summed E-state index contributed by atoms with van der Waals surface area (Å²) < 4.78 is 2.08. The summed E-state index contributed by atoms with van der Waals surface area (Å²) in [7, 11) is 0. The van der Waals surface area contributed by atoms with Crippen LogP contribution in [0.1, 0.15) is 0 Å². The Morgan fingerprint density at radius 3 is 2.20 bits per heavy atom. The molecule has 0 amide bonds. The summed E-state index contributed by atoms with van der Waals surface area (Å²) >= 11 is 1.15. The molecule has 0 heterocycles. The number of rotatable bonds is 1. The van der Waals surface area contributed by atoms with Crippen molar-refractivity contribution in [3.8, 4) is 0 Å². The van der Waals surface area contributed by atoms with Gasteiger partial charge >= 0.3 is 50.0 Å². The zero-order valence-electron chi connectivity index (χ0n) is 3.44. The predicted octanol–water partition coefficient (Wildman–Crippen LogP) is 0.855. The Morgan fingerprint density at radius 2 is 2.20 bits per heavy atom. The van der Waals surface area contributed by atoms with Crippen molar-refractivity contribution in [2.45, 2.75) is 0 Å². The maximum atomic E-state index is 3.49. The SMILES string of the molecule is C=C/C=[CH]/[Na]. The number of hydrogen-bond acceptors (Lipinski definition) is 0. The van der Waals surface area contributed by atoms with Crippen LogP contribution in [0.2, 0.25) is 0 Å². The molecule has 22 valence electrons. The molecule has 0 radical (unpaired) electrons. The van der Waals surface area contributed by atoms with Gasteiger partial charge in [-0.2, -0.15) is 0 Å². The molecular formula is C4H5Na. The van der Waals surface area contributed by atoms with Crippen LogP contribution >= 0.6 is 0 Å². The van der Waals surface area contributed by atoms with Gasteiger partial charge < -0.3 is 0 Å². The number of allylic oxidation sites excluding steroid dienone is 2. The monoisotopic (exact) mass is 76.0 g/mol. The second kappa shape index (κ2) is 4.48. The van der Waals surface area contributed by atoms with Crippen molar-refractivity contribution in [3.05, 3.63) is 22.1 Å². The molecular weight excluding hydrogens is 71.0 g/mol. The summed E-state index contributed by atoms with van der Waals surface area (Å²) in [6, 6.07) is 0. The summed E-state index contributed by atoms with van der Waals surface area (Å²) in [6.45, 7) is 3.49. The van der Waals surface area contributed by atoms with E-state index in [0.717, 1.165) is 27.9 Å². The van der Waals surface area contributed by atoms with E-state index in [9.17, 15) is 0 Å². The van der Waals surface area contributed by atoms with Gasteiger partial charge in [-0.3, -0.25) is 0 Å². The molecule has 0 aromatic carbocycles. The first-order valence-corrected chi connectivity index (χ1v) is 2.81. The van der Waals surface area contributed by atoms with E-state index in [-0.39, 0.29) is 0 Å². The van der Waals surface area contributed by atoms with Gasteiger partial charge in [0.05, 0.1) is 0 Å². The van der Waals surface area contributed by atoms with Crippen LogP contribution in [0.4, 0.5) is 0 Å². The van der Waals surface area contributed by atoms with E-state index in [1.54, 1.807) is 6.08 Å². The van der Waals surface area contributed by atoms with E-state index < -0.39 is 0 Å². The summed E-state index contributed by atoms with van der Waals surface area (Å²) in [5.41, 5.74) is 0. The van der Waals surface area contributed by atoms with Crippen LogP contribution in [0.25, 0.3) is 0 Å². The minimum absolute atomic E-state index is 1.15. The zero-order valence-corrected chi connectivity index (χ0v) is 5.44. The molecule has 0 unspecified atom stereocenters. The van der Waals surface area contributed by atoms with Gasteiger partial charge in [0.15, 0.2) is 0 Å². The molecule has 0 aliphatic heterocycles. The van der Waals surface area contributed by atoms with Gasteiger partial charge in [0.1, 0.15) is 0 Å². The van der Waals surface area contributed by atoms with Crippen molar-refractivity contribution in [2.24, 2.45) is 0 Å². The average Bonchev–Trinajstić information content (AvgIpc) is 1.41. The molecule has 0 rings (SSSR count). The van der Waals surface area contributed by atoms with Crippen molar-refractivity contribution in [1.29, 1.82) is 0 Å². The molecule has 0 aliphatic carbocycles. The normalized spacial score (nSPS) is 9.20. The maximum absolute atomic E-state index is 3.49. The molecule has 0 saturated carbocycles. The molecule has 5 heavy (non-hydrogen) atoms. The summed E-state index contributed by atoms with van der Waals surface area (Å²) in [5.74, 6) is 0. The fourth-order valence-electron chi connectivity index (χ4n) is 0.136. The first-order chi connectivity index (χ1) is 2.41. The van der Waals surface area contributed by atoms with Crippen LogP contribution in [0, 0.1) is 0 Å². The van der Waals surface area contributed by atoms with Crippen LogP contribution in [0.3, 0.4) is 0 Å². The third-order valence-electron chi connectivity index (χ3n) is 0.329. The molecule has 0 spiro atoms. The van der Waals surface area contributed by atoms with Crippen LogP contribution in [-0.4, -0.2) is 27.9 Å². The van der Waals surface area contributed by atoms with Crippen molar-refractivity contribution >= 4 is 27.9 Å². The molecule has 0 fully saturated rings. The van der Waals surface area contributed by atoms with Crippen LogP contribution in [0.5, 0.6) is 0 Å². The Hall–Kier alpha value is 0.480. The first kappa shape index (κ1) is 5.48. The fraction of sp³-hybridized carbons (Fsp3) is 0. The second-order valence-corrected chi connectivity index (χ2v) is 1.43. The molecule has 0 aromatic heterocycles. The molecule has 0 aromatic rings. The summed E-state index contributed by atoms with van der Waals surface area (Å²) in [6.07, 6.45) is 3.74. The van der Waals surface area contributed by atoms with Crippen molar-refractivity contribution in [3.63, 3.8) is 0 Å². The van der Waals surface area contributed by atoms with Crippen LogP contribution < -0.4 is 0 Å². The van der Waals surface area contributed by atoms with Gasteiger partial charge in [-0.1, -0.05) is 0 Å². The van der Waals surface area contributed by atoms with Gasteiger partial charge in [0.2, 0.25) is 0 Å². The second-order valence-electron chi connectivity index (χ2n) is 0.761. The predicted molar refractivity (Wildman–Crippen MR) is 25.1 cm³/mol. The topological polar surface area (TPSA) is 0 Å². The molecule has 0 atom stereocenters. The Kier molecular flexibility index (Phi) is 4.91. The third-order valence-corrected chi connectivity index (χ3v) is 0.713. The van der Waals surface area contributed by atoms with Crippen LogP contribution in [0.15, 0.2) is 22.1 Å². The Balaban J connectivity index is 2.92. The third kappa shape index (κ3) is 4.48. The van der Waals surface area contributed by atoms with E-state index in [2.05, 4.69) is 9.90 Å². The average molecular weight is 76.1 g/mol. The van der Waals surface area contributed by atoms with E-state index in [0.29, 0.717) is 0 Å². The van der Waals surface area contributed by atoms with Crippen molar-refractivity contribution in [2.75, 3.05) is 0 Å². The Bertz CT molecular complexity index is 45.6. The van der Waals surface area contributed by atoms with E-state index in [1.165, 1.54) is 0 Å². The zero-order chi connectivity index (χ0) is 4.12. The molecule has 0 N–H and O–H groups in total. The molecule has 0 aliphatic rings.